The third kappa shape index (κ3) is 3.55. The van der Waals surface area contributed by atoms with Gasteiger partial charge in [-0.3, -0.25) is 4.98 Å². The first-order valence-corrected chi connectivity index (χ1v) is 11.6. The van der Waals surface area contributed by atoms with E-state index in [1.165, 1.54) is 22.4 Å². The number of benzene rings is 1. The maximum atomic E-state index is 6.67. The summed E-state index contributed by atoms with van der Waals surface area (Å²) >= 11 is 1.58. The summed E-state index contributed by atoms with van der Waals surface area (Å²) in [6, 6.07) is 10.5. The summed E-state index contributed by atoms with van der Waals surface area (Å²) < 4.78 is 0. The summed E-state index contributed by atoms with van der Waals surface area (Å²) in [6.07, 6.45) is 6.73. The van der Waals surface area contributed by atoms with Crippen LogP contribution in [-0.2, 0) is 6.42 Å². The van der Waals surface area contributed by atoms with Crippen LogP contribution in [0, 0.1) is 19.3 Å². The molecule has 0 amide bonds. The average molecular weight is 433 g/mol. The quantitative estimate of drug-likeness (QED) is 0.644. The molecule has 1 unspecified atom stereocenters. The van der Waals surface area contributed by atoms with E-state index in [0.29, 0.717) is 5.82 Å². The highest BCUT2D eigenvalue weighted by molar-refractivity contribution is 7.99. The zero-order valence-electron chi connectivity index (χ0n) is 18.0. The molecule has 7 heteroatoms. The van der Waals surface area contributed by atoms with Crippen LogP contribution < -0.4 is 16.4 Å². The fourth-order valence-electron chi connectivity index (χ4n) is 4.88. The van der Waals surface area contributed by atoms with Crippen molar-refractivity contribution in [2.45, 2.75) is 49.1 Å². The fourth-order valence-corrected chi connectivity index (χ4v) is 5.80. The first-order chi connectivity index (χ1) is 15.0. The second-order valence-electron chi connectivity index (χ2n) is 8.76. The maximum absolute atomic E-state index is 6.67. The van der Waals surface area contributed by atoms with E-state index in [2.05, 4.69) is 53.0 Å². The van der Waals surface area contributed by atoms with Crippen molar-refractivity contribution < 1.29 is 0 Å². The van der Waals surface area contributed by atoms with Gasteiger partial charge in [-0.2, -0.15) is 0 Å². The Hall–Kier alpha value is -2.64. The number of hydrogen-bond donors (Lipinski definition) is 2. The molecule has 0 saturated carbocycles. The van der Waals surface area contributed by atoms with Crippen LogP contribution >= 0.6 is 11.8 Å². The van der Waals surface area contributed by atoms with E-state index in [9.17, 15) is 0 Å². The summed E-state index contributed by atoms with van der Waals surface area (Å²) in [4.78, 5) is 17.4. The third-order valence-electron chi connectivity index (χ3n) is 7.04. The van der Waals surface area contributed by atoms with Gasteiger partial charge in [0.15, 0.2) is 5.82 Å². The number of nitrogen functional groups attached to an aromatic ring is 1. The molecule has 1 fully saturated rings. The van der Waals surface area contributed by atoms with Crippen molar-refractivity contribution in [3.05, 3.63) is 65.1 Å². The Kier molecular flexibility index (Phi) is 5.10. The van der Waals surface area contributed by atoms with Crippen LogP contribution in [0.2, 0.25) is 0 Å². The Morgan fingerprint density at radius 3 is 2.65 bits per heavy atom. The number of nitrogens with zero attached hydrogens (tertiary/aromatic N) is 4. The van der Waals surface area contributed by atoms with Gasteiger partial charge >= 0.3 is 0 Å². The van der Waals surface area contributed by atoms with Gasteiger partial charge in [-0.1, -0.05) is 30.0 Å². The van der Waals surface area contributed by atoms with Crippen LogP contribution in [0.5, 0.6) is 0 Å². The number of hydrogen-bond acceptors (Lipinski definition) is 7. The van der Waals surface area contributed by atoms with Crippen molar-refractivity contribution in [1.29, 1.82) is 0 Å². The van der Waals surface area contributed by atoms with Crippen molar-refractivity contribution in [3.8, 4) is 0 Å². The molecular weight excluding hydrogens is 404 g/mol. The molecule has 1 atom stereocenters. The van der Waals surface area contributed by atoms with E-state index in [-0.39, 0.29) is 11.5 Å². The lowest BCUT2D eigenvalue weighted by molar-refractivity contribution is 0.186. The van der Waals surface area contributed by atoms with Crippen molar-refractivity contribution in [1.82, 2.24) is 15.0 Å². The maximum Gasteiger partial charge on any atom is 0.158 e. The Bertz CT molecular complexity index is 1120. The second kappa shape index (κ2) is 7.80. The molecule has 0 radical (unpaired) electrons. The molecule has 1 aliphatic carbocycles. The van der Waals surface area contributed by atoms with E-state index >= 15 is 0 Å². The molecule has 2 aliphatic rings. The van der Waals surface area contributed by atoms with Gasteiger partial charge in [0.25, 0.3) is 0 Å². The molecule has 0 bridgehead atoms. The number of anilines is 2. The minimum absolute atomic E-state index is 0.0610. The molecule has 6 nitrogen and oxygen atoms in total. The topological polar surface area (TPSA) is 94.0 Å². The SMILES string of the molecule is Cc1cccc(Sc2ncc(N3CCC4(CC3)Cc3ncccc3C4N)nc2N)c1C. The van der Waals surface area contributed by atoms with E-state index in [1.807, 2.05) is 18.5 Å². The van der Waals surface area contributed by atoms with Gasteiger partial charge in [-0.05, 0) is 67.3 Å². The summed E-state index contributed by atoms with van der Waals surface area (Å²) in [6.45, 7) is 6.05. The van der Waals surface area contributed by atoms with Gasteiger partial charge in [0.1, 0.15) is 10.8 Å². The Labute approximate surface area is 187 Å². The molecule has 1 spiro atoms. The molecule has 1 aliphatic heterocycles. The molecule has 5 rings (SSSR count). The monoisotopic (exact) mass is 432 g/mol. The number of pyridine rings is 1. The average Bonchev–Trinajstić information content (AvgIpc) is 3.05. The molecule has 3 heterocycles. The molecule has 2 aromatic heterocycles. The molecule has 4 N–H and O–H groups in total. The van der Waals surface area contributed by atoms with Crippen molar-refractivity contribution in [2.75, 3.05) is 23.7 Å². The molecule has 1 aromatic carbocycles. The van der Waals surface area contributed by atoms with E-state index in [0.717, 1.165) is 48.1 Å². The Balaban J connectivity index is 1.29. The van der Waals surface area contributed by atoms with Gasteiger partial charge in [-0.25, -0.2) is 9.97 Å². The summed E-state index contributed by atoms with van der Waals surface area (Å²) in [5, 5.41) is 0.755. The second-order valence-corrected chi connectivity index (χ2v) is 9.79. The Morgan fingerprint density at radius 2 is 1.90 bits per heavy atom. The molecule has 160 valence electrons. The minimum atomic E-state index is 0.0610. The summed E-state index contributed by atoms with van der Waals surface area (Å²) in [7, 11) is 0. The van der Waals surface area contributed by atoms with Crippen LogP contribution in [0.15, 0.2) is 52.6 Å². The van der Waals surface area contributed by atoms with Gasteiger partial charge in [0.2, 0.25) is 0 Å². The van der Waals surface area contributed by atoms with Crippen molar-refractivity contribution in [2.24, 2.45) is 11.1 Å². The van der Waals surface area contributed by atoms with Crippen molar-refractivity contribution >= 4 is 23.4 Å². The van der Waals surface area contributed by atoms with E-state index < -0.39 is 0 Å². The van der Waals surface area contributed by atoms with Crippen LogP contribution in [-0.4, -0.2) is 28.0 Å². The first-order valence-electron chi connectivity index (χ1n) is 10.8. The minimum Gasteiger partial charge on any atom is -0.381 e. The van der Waals surface area contributed by atoms with Crippen LogP contribution in [0.25, 0.3) is 0 Å². The van der Waals surface area contributed by atoms with Gasteiger partial charge in [-0.15, -0.1) is 0 Å². The highest BCUT2D eigenvalue weighted by atomic mass is 32.2. The van der Waals surface area contributed by atoms with Crippen LogP contribution in [0.1, 0.15) is 41.3 Å². The number of piperidine rings is 1. The smallest absolute Gasteiger partial charge is 0.158 e. The van der Waals surface area contributed by atoms with Gasteiger partial charge in [0.05, 0.1) is 6.20 Å². The number of nitrogens with two attached hydrogens (primary N) is 2. The Morgan fingerprint density at radius 1 is 1.10 bits per heavy atom. The summed E-state index contributed by atoms with van der Waals surface area (Å²) in [5.41, 5.74) is 18.0. The predicted molar refractivity (Wildman–Crippen MR) is 125 cm³/mol. The molecule has 1 saturated heterocycles. The standard InChI is InChI=1S/C24H28N6S/c1-15-5-3-7-19(16(15)2)31-23-22(26)29-20(14-28-23)30-11-8-24(9-12-30)13-18-17(21(24)25)6-4-10-27-18/h3-7,10,14,21H,8-9,11-13,25H2,1-2H3,(H2,26,29). The lowest BCUT2D eigenvalue weighted by atomic mass is 9.73. The number of aryl methyl sites for hydroxylation is 1. The van der Waals surface area contributed by atoms with Gasteiger partial charge in [0, 0.05) is 35.9 Å². The van der Waals surface area contributed by atoms with E-state index in [1.54, 1.807) is 11.8 Å². The largest absolute Gasteiger partial charge is 0.381 e. The molecular formula is C24H28N6S. The number of aromatic nitrogens is 3. The highest BCUT2D eigenvalue weighted by Crippen LogP contribution is 2.50. The van der Waals surface area contributed by atoms with Crippen LogP contribution in [0.3, 0.4) is 0 Å². The predicted octanol–water partition coefficient (Wildman–Crippen LogP) is 4.06. The molecule has 3 aromatic rings. The number of fused-ring (bicyclic) bond motifs is 1. The van der Waals surface area contributed by atoms with Crippen molar-refractivity contribution in [3.63, 3.8) is 0 Å². The lowest BCUT2D eigenvalue weighted by Gasteiger charge is -2.42. The highest BCUT2D eigenvalue weighted by Gasteiger charge is 2.46. The van der Waals surface area contributed by atoms with Crippen LogP contribution in [0.4, 0.5) is 11.6 Å². The third-order valence-corrected chi connectivity index (χ3v) is 8.21. The number of rotatable bonds is 3. The lowest BCUT2D eigenvalue weighted by Crippen LogP contribution is -2.44. The van der Waals surface area contributed by atoms with Gasteiger partial charge < -0.3 is 16.4 Å². The normalized spacial score (nSPS) is 19.6. The fraction of sp³-hybridized carbons (Fsp3) is 0.375. The first kappa shape index (κ1) is 20.3. The zero-order valence-corrected chi connectivity index (χ0v) is 18.8. The van der Waals surface area contributed by atoms with E-state index in [4.69, 9.17) is 16.5 Å². The summed E-state index contributed by atoms with van der Waals surface area (Å²) in [5.74, 6) is 1.33. The molecule has 31 heavy (non-hydrogen) atoms. The zero-order chi connectivity index (χ0) is 21.6.